The zero-order valence-electron chi connectivity index (χ0n) is 18.9. The number of nitrogens with one attached hydrogen (secondary N) is 2. The highest BCUT2D eigenvalue weighted by atomic mass is 32.2. The Kier molecular flexibility index (Phi) is 6.47. The van der Waals surface area contributed by atoms with Gasteiger partial charge in [0.15, 0.2) is 23.6 Å². The van der Waals surface area contributed by atoms with Crippen molar-refractivity contribution in [3.05, 3.63) is 53.6 Å². The summed E-state index contributed by atoms with van der Waals surface area (Å²) >= 11 is 0. The number of amides is 1. The van der Waals surface area contributed by atoms with Crippen LogP contribution >= 0.6 is 0 Å². The minimum Gasteiger partial charge on any atom is -0.454 e. The molecule has 0 aromatic heterocycles. The van der Waals surface area contributed by atoms with Crippen LogP contribution in [0, 0.1) is 5.92 Å². The zero-order valence-corrected chi connectivity index (χ0v) is 19.7. The summed E-state index contributed by atoms with van der Waals surface area (Å²) in [5.74, 6) is -0.183. The zero-order chi connectivity index (χ0) is 24.5. The molecule has 0 saturated carbocycles. The minimum absolute atomic E-state index is 0.0752. The predicted octanol–water partition coefficient (Wildman–Crippen LogP) is 1.73. The highest BCUT2D eigenvalue weighted by Crippen LogP contribution is 2.32. The molecule has 2 heterocycles. The fourth-order valence-electron chi connectivity index (χ4n) is 3.52. The van der Waals surface area contributed by atoms with E-state index in [1.165, 1.54) is 13.0 Å². The van der Waals surface area contributed by atoms with E-state index in [0.717, 1.165) is 5.56 Å². The van der Waals surface area contributed by atoms with E-state index in [1.54, 1.807) is 50.2 Å². The van der Waals surface area contributed by atoms with Crippen LogP contribution < -0.4 is 19.5 Å². The number of amidine groups is 1. The molecule has 2 aromatic carbocycles. The van der Waals surface area contributed by atoms with Crippen molar-refractivity contribution >= 4 is 27.7 Å². The third kappa shape index (κ3) is 4.84. The van der Waals surface area contributed by atoms with E-state index in [1.807, 2.05) is 0 Å². The van der Waals surface area contributed by atoms with Crippen LogP contribution in [0.1, 0.15) is 31.9 Å². The summed E-state index contributed by atoms with van der Waals surface area (Å²) in [6.45, 7) is 5.36. The van der Waals surface area contributed by atoms with Crippen molar-refractivity contribution < 1.29 is 32.2 Å². The summed E-state index contributed by atoms with van der Waals surface area (Å²) in [6.07, 6.45) is -1.07. The highest BCUT2D eigenvalue weighted by molar-refractivity contribution is 7.90. The van der Waals surface area contributed by atoms with E-state index >= 15 is 0 Å². The third-order valence-corrected chi connectivity index (χ3v) is 6.77. The Hall–Kier alpha value is -3.60. The molecule has 0 radical (unpaired) electrons. The summed E-state index contributed by atoms with van der Waals surface area (Å²) in [5.41, 5.74) is 1.19. The molecule has 1 amide bonds. The summed E-state index contributed by atoms with van der Waals surface area (Å²) in [4.78, 5) is 29.8. The number of sulfonamides is 1. The molecule has 2 N–H and O–H groups in total. The molecule has 2 atom stereocenters. The lowest BCUT2D eigenvalue weighted by atomic mass is 10.0. The maximum Gasteiger partial charge on any atom is 0.331 e. The van der Waals surface area contributed by atoms with Crippen molar-refractivity contribution in [3.63, 3.8) is 0 Å². The molecule has 2 aliphatic rings. The lowest BCUT2D eigenvalue weighted by Crippen LogP contribution is -2.39. The van der Waals surface area contributed by atoms with Gasteiger partial charge in [-0.3, -0.25) is 14.5 Å². The molecule has 0 aliphatic carbocycles. The summed E-state index contributed by atoms with van der Waals surface area (Å²) < 4.78 is 43.0. The summed E-state index contributed by atoms with van der Waals surface area (Å²) in [5, 5.41) is 2.72. The van der Waals surface area contributed by atoms with E-state index in [4.69, 9.17) is 14.2 Å². The van der Waals surface area contributed by atoms with Crippen molar-refractivity contribution in [2.24, 2.45) is 10.9 Å². The molecule has 10 nitrogen and oxygen atoms in total. The van der Waals surface area contributed by atoms with Crippen LogP contribution in [0.15, 0.2) is 52.4 Å². The predicted molar refractivity (Wildman–Crippen MR) is 122 cm³/mol. The van der Waals surface area contributed by atoms with Gasteiger partial charge in [0.1, 0.15) is 5.84 Å². The molecule has 0 spiro atoms. The smallest absolute Gasteiger partial charge is 0.331 e. The fraction of sp³-hybridized carbons (Fsp3) is 0.348. The minimum atomic E-state index is -3.74. The average molecular weight is 488 g/mol. The first-order chi connectivity index (χ1) is 16.2. The fourth-order valence-corrected chi connectivity index (χ4v) is 4.76. The third-order valence-electron chi connectivity index (χ3n) is 5.37. The van der Waals surface area contributed by atoms with Gasteiger partial charge in [0, 0.05) is 12.1 Å². The Labute approximate surface area is 197 Å². The van der Waals surface area contributed by atoms with Gasteiger partial charge in [-0.15, -0.1) is 0 Å². The number of fused-ring (bicyclic) bond motifs is 2. The molecule has 34 heavy (non-hydrogen) atoms. The van der Waals surface area contributed by atoms with Gasteiger partial charge >= 0.3 is 5.97 Å². The van der Waals surface area contributed by atoms with Crippen LogP contribution in [-0.4, -0.2) is 45.1 Å². The summed E-state index contributed by atoms with van der Waals surface area (Å²) in [6, 6.07) is 10.7. The van der Waals surface area contributed by atoms with Gasteiger partial charge in [0.2, 0.25) is 6.79 Å². The van der Waals surface area contributed by atoms with Crippen LogP contribution in [-0.2, 0) is 30.9 Å². The number of esters is 1. The lowest BCUT2D eigenvalue weighted by molar-refractivity contribution is -0.156. The topological polar surface area (TPSA) is 132 Å². The normalized spacial score (nSPS) is 18.2. The lowest BCUT2D eigenvalue weighted by Gasteiger charge is -2.19. The molecule has 180 valence electrons. The molecule has 11 heteroatoms. The maximum absolute atomic E-state index is 12.8. The number of hydrogen-bond acceptors (Lipinski definition) is 8. The molecule has 0 bridgehead atoms. The number of carbonyl (C=O) groups is 2. The van der Waals surface area contributed by atoms with E-state index < -0.39 is 34.0 Å². The molecule has 4 rings (SSSR count). The second-order valence-corrected chi connectivity index (χ2v) is 9.90. The Morgan fingerprint density at radius 1 is 1.12 bits per heavy atom. The first-order valence-electron chi connectivity index (χ1n) is 10.7. The number of ether oxygens (including phenoxy) is 3. The average Bonchev–Trinajstić information content (AvgIpc) is 3.37. The second-order valence-electron chi connectivity index (χ2n) is 8.25. The molecule has 0 saturated heterocycles. The quantitative estimate of drug-likeness (QED) is 0.569. The van der Waals surface area contributed by atoms with Gasteiger partial charge in [-0.05, 0) is 42.7 Å². The largest absolute Gasteiger partial charge is 0.454 e. The maximum atomic E-state index is 12.8. The van der Waals surface area contributed by atoms with Crippen molar-refractivity contribution in [1.82, 2.24) is 10.0 Å². The molecule has 0 fully saturated rings. The van der Waals surface area contributed by atoms with Gasteiger partial charge in [-0.25, -0.2) is 13.2 Å². The standard InChI is InChI=1S/C23H25N3O7S/c1-13(2)20(25-21-16-6-4-5-7-19(16)34(29,30)26-21)23(28)33-14(3)22(27)24-11-15-8-9-17-18(10-15)32-12-31-17/h4-10,13-14,20H,11-12H2,1-3H3,(H,24,27)(H,25,26). The number of aliphatic imine (C=N–C) groups is 1. The van der Waals surface area contributed by atoms with E-state index in [2.05, 4.69) is 15.0 Å². The second kappa shape index (κ2) is 9.34. The monoisotopic (exact) mass is 487 g/mol. The first-order valence-corrected chi connectivity index (χ1v) is 12.2. The van der Waals surface area contributed by atoms with Gasteiger partial charge in [-0.2, -0.15) is 0 Å². The molecular formula is C23H25N3O7S. The van der Waals surface area contributed by atoms with E-state index in [-0.39, 0.29) is 30.0 Å². The molecule has 2 aliphatic heterocycles. The Bertz CT molecular complexity index is 1260. The van der Waals surface area contributed by atoms with E-state index in [9.17, 15) is 18.0 Å². The van der Waals surface area contributed by atoms with Crippen molar-refractivity contribution in [3.8, 4) is 11.5 Å². The van der Waals surface area contributed by atoms with Crippen molar-refractivity contribution in [1.29, 1.82) is 0 Å². The van der Waals surface area contributed by atoms with Crippen molar-refractivity contribution in [2.75, 3.05) is 6.79 Å². The van der Waals surface area contributed by atoms with Crippen LogP contribution in [0.4, 0.5) is 0 Å². The number of nitrogens with zero attached hydrogens (tertiary/aromatic N) is 1. The van der Waals surface area contributed by atoms with Gasteiger partial charge in [-0.1, -0.05) is 32.0 Å². The van der Waals surface area contributed by atoms with Crippen LogP contribution in [0.3, 0.4) is 0 Å². The SMILES string of the molecule is CC(OC(=O)C(N=C1NS(=O)(=O)c2ccccc21)C(C)C)C(=O)NCc1ccc2c(c1)OCO2. The molecule has 2 aromatic rings. The van der Waals surface area contributed by atoms with Gasteiger partial charge in [0.25, 0.3) is 15.9 Å². The first kappa shape index (κ1) is 23.6. The number of benzene rings is 2. The number of hydrogen-bond donors (Lipinski definition) is 2. The Balaban J connectivity index is 1.40. The number of carbonyl (C=O) groups excluding carboxylic acids is 2. The molecule has 2 unspecified atom stereocenters. The Morgan fingerprint density at radius 2 is 1.85 bits per heavy atom. The molecular weight excluding hydrogens is 462 g/mol. The van der Waals surface area contributed by atoms with Crippen LogP contribution in [0.5, 0.6) is 11.5 Å². The van der Waals surface area contributed by atoms with Crippen molar-refractivity contribution in [2.45, 2.75) is 44.4 Å². The van der Waals surface area contributed by atoms with Gasteiger partial charge < -0.3 is 19.5 Å². The Morgan fingerprint density at radius 3 is 2.62 bits per heavy atom. The van der Waals surface area contributed by atoms with Gasteiger partial charge in [0.05, 0.1) is 4.90 Å². The van der Waals surface area contributed by atoms with E-state index in [0.29, 0.717) is 17.1 Å². The van der Waals surface area contributed by atoms with Crippen LogP contribution in [0.25, 0.3) is 0 Å². The highest BCUT2D eigenvalue weighted by Gasteiger charge is 2.34. The van der Waals surface area contributed by atoms with Crippen LogP contribution in [0.2, 0.25) is 0 Å². The summed E-state index contributed by atoms with van der Waals surface area (Å²) in [7, 11) is -3.74. The number of rotatable bonds is 7.